The number of anilines is 2. The van der Waals surface area contributed by atoms with E-state index in [0.717, 1.165) is 10.6 Å². The number of piperidine rings is 1. The number of nitrogens with zero attached hydrogens (tertiary/aromatic N) is 6. The predicted octanol–water partition coefficient (Wildman–Crippen LogP) is -0.466. The van der Waals surface area contributed by atoms with Crippen LogP contribution in [0.15, 0.2) is 12.3 Å². The van der Waals surface area contributed by atoms with Gasteiger partial charge in [-0.05, 0) is 6.42 Å². The third-order valence-corrected chi connectivity index (χ3v) is 6.91. The Bertz CT molecular complexity index is 820. The maximum atomic E-state index is 12.7. The first-order valence-corrected chi connectivity index (χ1v) is 10.9. The molecule has 2 aliphatic heterocycles. The normalized spacial score (nSPS) is 19.2. The van der Waals surface area contributed by atoms with E-state index in [-0.39, 0.29) is 24.1 Å². The lowest BCUT2D eigenvalue weighted by Gasteiger charge is -2.35. The maximum Gasteiger partial charge on any atom is 0.229 e. The average Bonchev–Trinajstić information content (AvgIpc) is 2.68. The molecule has 10 nitrogen and oxygen atoms in total. The zero-order chi connectivity index (χ0) is 20.3. The minimum atomic E-state index is -3.54. The van der Waals surface area contributed by atoms with E-state index in [1.165, 1.54) is 4.31 Å². The minimum absolute atomic E-state index is 0.0728. The first-order chi connectivity index (χ1) is 13.3. The van der Waals surface area contributed by atoms with Crippen LogP contribution >= 0.6 is 0 Å². The van der Waals surface area contributed by atoms with Gasteiger partial charge in [0, 0.05) is 65.7 Å². The van der Waals surface area contributed by atoms with E-state index in [1.54, 1.807) is 6.20 Å². The minimum Gasteiger partial charge on any atom is -0.376 e. The number of hydrogen-bond donors (Lipinski definition) is 0. The molecule has 2 amide bonds. The standard InChI is InChI=1S/C17H26N6O4S/c1-20(2)14-12-15(19-18-13-14)21-6-8-22(9-7-21)28(26,27)11-10-23-16(24)4-3-5-17(23)25/h12-13H,3-11H2,1-2H3. The van der Waals surface area contributed by atoms with E-state index in [0.29, 0.717) is 51.3 Å². The number of amides is 2. The number of imide groups is 1. The summed E-state index contributed by atoms with van der Waals surface area (Å²) in [6, 6.07) is 1.92. The van der Waals surface area contributed by atoms with Crippen molar-refractivity contribution in [1.82, 2.24) is 19.4 Å². The number of likely N-dealkylation sites (tertiary alicyclic amines) is 1. The van der Waals surface area contributed by atoms with Crippen LogP contribution in [0.5, 0.6) is 0 Å². The van der Waals surface area contributed by atoms with Gasteiger partial charge in [0.25, 0.3) is 0 Å². The first kappa shape index (κ1) is 20.5. The second kappa shape index (κ2) is 8.39. The van der Waals surface area contributed by atoms with E-state index < -0.39 is 10.0 Å². The van der Waals surface area contributed by atoms with Crippen molar-refractivity contribution in [3.63, 3.8) is 0 Å². The molecule has 0 saturated carbocycles. The van der Waals surface area contributed by atoms with Gasteiger partial charge in [-0.2, -0.15) is 9.40 Å². The van der Waals surface area contributed by atoms with Crippen molar-refractivity contribution in [2.75, 3.05) is 62.4 Å². The van der Waals surface area contributed by atoms with Gasteiger partial charge in [0.15, 0.2) is 5.82 Å². The van der Waals surface area contributed by atoms with Crippen molar-refractivity contribution in [2.45, 2.75) is 19.3 Å². The first-order valence-electron chi connectivity index (χ1n) is 9.34. The van der Waals surface area contributed by atoms with E-state index in [9.17, 15) is 18.0 Å². The number of aromatic nitrogens is 2. The summed E-state index contributed by atoms with van der Waals surface area (Å²) >= 11 is 0. The maximum absolute atomic E-state index is 12.7. The van der Waals surface area contributed by atoms with Crippen LogP contribution in [0.25, 0.3) is 0 Å². The van der Waals surface area contributed by atoms with Crippen LogP contribution in [0.1, 0.15) is 19.3 Å². The number of sulfonamides is 1. The van der Waals surface area contributed by atoms with Gasteiger partial charge in [0.1, 0.15) is 0 Å². The third-order valence-electron chi connectivity index (χ3n) is 5.06. The zero-order valence-corrected chi connectivity index (χ0v) is 17.1. The molecule has 0 aliphatic carbocycles. The van der Waals surface area contributed by atoms with Gasteiger partial charge < -0.3 is 9.80 Å². The smallest absolute Gasteiger partial charge is 0.229 e. The fourth-order valence-corrected chi connectivity index (χ4v) is 4.72. The van der Waals surface area contributed by atoms with Crippen molar-refractivity contribution in [3.05, 3.63) is 12.3 Å². The van der Waals surface area contributed by atoms with Crippen molar-refractivity contribution < 1.29 is 18.0 Å². The summed E-state index contributed by atoms with van der Waals surface area (Å²) in [5.74, 6) is -0.0839. The Kier molecular flexibility index (Phi) is 6.14. The molecule has 0 radical (unpaired) electrons. The largest absolute Gasteiger partial charge is 0.376 e. The molecule has 28 heavy (non-hydrogen) atoms. The molecular weight excluding hydrogens is 384 g/mol. The molecule has 0 bridgehead atoms. The lowest BCUT2D eigenvalue weighted by atomic mass is 10.1. The molecule has 0 atom stereocenters. The summed E-state index contributed by atoms with van der Waals surface area (Å²) in [5.41, 5.74) is 0.927. The van der Waals surface area contributed by atoms with Crippen LogP contribution in [0.2, 0.25) is 0 Å². The van der Waals surface area contributed by atoms with Crippen molar-refractivity contribution in [2.24, 2.45) is 0 Å². The van der Waals surface area contributed by atoms with Crippen LogP contribution in [0.3, 0.4) is 0 Å². The molecule has 3 rings (SSSR count). The molecular formula is C17H26N6O4S. The van der Waals surface area contributed by atoms with Crippen LogP contribution < -0.4 is 9.80 Å². The molecule has 0 unspecified atom stereocenters. The second-order valence-electron chi connectivity index (χ2n) is 7.16. The van der Waals surface area contributed by atoms with Gasteiger partial charge in [-0.1, -0.05) is 0 Å². The summed E-state index contributed by atoms with van der Waals surface area (Å²) in [6.45, 7) is 1.60. The summed E-state index contributed by atoms with van der Waals surface area (Å²) in [5, 5.41) is 8.16. The Hall–Kier alpha value is -2.27. The highest BCUT2D eigenvalue weighted by molar-refractivity contribution is 7.89. The van der Waals surface area contributed by atoms with Gasteiger partial charge in [-0.3, -0.25) is 14.5 Å². The Labute approximate surface area is 165 Å². The second-order valence-corrected chi connectivity index (χ2v) is 9.25. The number of carbonyl (C=O) groups is 2. The van der Waals surface area contributed by atoms with Crippen molar-refractivity contribution >= 4 is 33.3 Å². The summed E-state index contributed by atoms with van der Waals surface area (Å²) < 4.78 is 26.7. The fourth-order valence-electron chi connectivity index (χ4n) is 3.33. The van der Waals surface area contributed by atoms with Gasteiger partial charge in [0.05, 0.1) is 17.6 Å². The van der Waals surface area contributed by atoms with Crippen molar-refractivity contribution in [3.8, 4) is 0 Å². The van der Waals surface area contributed by atoms with Gasteiger partial charge in [0.2, 0.25) is 21.8 Å². The molecule has 11 heteroatoms. The molecule has 154 valence electrons. The van der Waals surface area contributed by atoms with Crippen LogP contribution in [0, 0.1) is 0 Å². The van der Waals surface area contributed by atoms with Crippen LogP contribution in [0.4, 0.5) is 11.5 Å². The Morgan fingerprint density at radius 1 is 1.07 bits per heavy atom. The van der Waals surface area contributed by atoms with Crippen LogP contribution in [-0.2, 0) is 19.6 Å². The molecule has 3 heterocycles. The summed E-state index contributed by atoms with van der Waals surface area (Å²) in [4.78, 5) is 28.7. The number of rotatable bonds is 6. The Morgan fingerprint density at radius 3 is 2.32 bits per heavy atom. The number of piperazine rings is 1. The molecule has 2 fully saturated rings. The monoisotopic (exact) mass is 410 g/mol. The van der Waals surface area contributed by atoms with Crippen LogP contribution in [-0.4, -0.2) is 92.2 Å². The molecule has 2 aliphatic rings. The van der Waals surface area contributed by atoms with Gasteiger partial charge >= 0.3 is 0 Å². The van der Waals surface area contributed by atoms with E-state index >= 15 is 0 Å². The predicted molar refractivity (Wildman–Crippen MR) is 105 cm³/mol. The topological polar surface area (TPSA) is 107 Å². The highest BCUT2D eigenvalue weighted by Gasteiger charge is 2.31. The van der Waals surface area contributed by atoms with Crippen molar-refractivity contribution in [1.29, 1.82) is 0 Å². The molecule has 0 spiro atoms. The number of hydrogen-bond acceptors (Lipinski definition) is 8. The molecule has 0 aromatic carbocycles. The summed E-state index contributed by atoms with van der Waals surface area (Å²) in [7, 11) is 0.299. The molecule has 2 saturated heterocycles. The highest BCUT2D eigenvalue weighted by Crippen LogP contribution is 2.20. The highest BCUT2D eigenvalue weighted by atomic mass is 32.2. The SMILES string of the molecule is CN(C)c1cnnc(N2CCN(S(=O)(=O)CCN3C(=O)CCCC3=O)CC2)c1. The quantitative estimate of drug-likeness (QED) is 0.580. The van der Waals surface area contributed by atoms with Gasteiger partial charge in [-0.15, -0.1) is 5.10 Å². The lowest BCUT2D eigenvalue weighted by molar-refractivity contribution is -0.147. The fraction of sp³-hybridized carbons (Fsp3) is 0.647. The lowest BCUT2D eigenvalue weighted by Crippen LogP contribution is -2.51. The number of carbonyl (C=O) groups excluding carboxylic acids is 2. The Morgan fingerprint density at radius 2 is 1.71 bits per heavy atom. The van der Waals surface area contributed by atoms with E-state index in [1.807, 2.05) is 30.0 Å². The van der Waals surface area contributed by atoms with E-state index in [2.05, 4.69) is 10.2 Å². The molecule has 1 aromatic heterocycles. The average molecular weight is 411 g/mol. The Balaban J connectivity index is 1.57. The van der Waals surface area contributed by atoms with E-state index in [4.69, 9.17) is 0 Å². The molecule has 0 N–H and O–H groups in total. The zero-order valence-electron chi connectivity index (χ0n) is 16.2. The third kappa shape index (κ3) is 4.58. The summed E-state index contributed by atoms with van der Waals surface area (Å²) in [6.07, 6.45) is 2.82. The molecule has 1 aromatic rings. The van der Waals surface area contributed by atoms with Gasteiger partial charge in [-0.25, -0.2) is 8.42 Å².